The van der Waals surface area contributed by atoms with Crippen molar-refractivity contribution < 1.29 is 22.4 Å². The number of halogens is 5. The van der Waals surface area contributed by atoms with Crippen molar-refractivity contribution in [1.29, 1.82) is 0 Å². The zero-order chi connectivity index (χ0) is 22.8. The van der Waals surface area contributed by atoms with Gasteiger partial charge in [0, 0.05) is 16.8 Å². The molecule has 2 aromatic carbocycles. The molecule has 162 valence electrons. The number of aromatic nitrogens is 2. The number of nitrogens with two attached hydrogens (primary N) is 1. The van der Waals surface area contributed by atoms with Crippen molar-refractivity contribution in [2.24, 2.45) is 0 Å². The van der Waals surface area contributed by atoms with Crippen molar-refractivity contribution in [3.8, 4) is 5.69 Å². The van der Waals surface area contributed by atoms with Crippen LogP contribution >= 0.6 is 23.4 Å². The van der Waals surface area contributed by atoms with E-state index in [2.05, 4.69) is 10.3 Å². The molecule has 1 aromatic heterocycles. The molecule has 0 saturated heterocycles. The summed E-state index contributed by atoms with van der Waals surface area (Å²) < 4.78 is 53.9. The summed E-state index contributed by atoms with van der Waals surface area (Å²) >= 11 is 6.66. The van der Waals surface area contributed by atoms with Crippen LogP contribution in [0.15, 0.2) is 58.5 Å². The number of hydrogen-bond acceptors (Lipinski definition) is 5. The number of nitrogens with one attached hydrogen (secondary N) is 1. The normalized spacial score (nSPS) is 11.4. The molecule has 3 rings (SSSR count). The molecule has 0 saturated carbocycles. The fourth-order valence-electron chi connectivity index (χ4n) is 2.60. The smallest absolute Gasteiger partial charge is 0.385 e. The molecular formula is C19H13ClF4N4O2S. The number of rotatable bonds is 5. The maximum absolute atomic E-state index is 13.2. The summed E-state index contributed by atoms with van der Waals surface area (Å²) in [5.41, 5.74) is 3.88. The Morgan fingerprint density at radius 1 is 1.16 bits per heavy atom. The van der Waals surface area contributed by atoms with Crippen LogP contribution in [0, 0.1) is 5.82 Å². The van der Waals surface area contributed by atoms with Gasteiger partial charge in [-0.15, -0.1) is 0 Å². The number of amides is 1. The number of carbonyl (C=O) groups is 1. The average molecular weight is 473 g/mol. The number of thioether (sulfide) groups is 1. The highest BCUT2D eigenvalue weighted by Gasteiger charge is 2.34. The third-order valence-corrected chi connectivity index (χ3v) is 5.10. The Morgan fingerprint density at radius 2 is 1.84 bits per heavy atom. The molecule has 31 heavy (non-hydrogen) atoms. The molecule has 1 amide bonds. The molecule has 3 N–H and O–H groups in total. The highest BCUT2D eigenvalue weighted by molar-refractivity contribution is 7.99. The van der Waals surface area contributed by atoms with Crippen molar-refractivity contribution in [2.45, 2.75) is 11.3 Å². The average Bonchev–Trinajstić information content (AvgIpc) is 2.67. The third kappa shape index (κ3) is 5.56. The van der Waals surface area contributed by atoms with Gasteiger partial charge in [0.1, 0.15) is 11.6 Å². The van der Waals surface area contributed by atoms with E-state index in [-0.39, 0.29) is 11.0 Å². The first-order valence-corrected chi connectivity index (χ1v) is 9.86. The van der Waals surface area contributed by atoms with Crippen LogP contribution in [0.1, 0.15) is 5.56 Å². The first-order valence-electron chi connectivity index (χ1n) is 8.49. The van der Waals surface area contributed by atoms with Gasteiger partial charge in [0.25, 0.3) is 5.56 Å². The van der Waals surface area contributed by atoms with Gasteiger partial charge in [-0.05, 0) is 42.5 Å². The van der Waals surface area contributed by atoms with Gasteiger partial charge >= 0.3 is 6.18 Å². The summed E-state index contributed by atoms with van der Waals surface area (Å²) in [5.74, 6) is -2.25. The summed E-state index contributed by atoms with van der Waals surface area (Å²) in [6, 6.07) is 9.41. The van der Waals surface area contributed by atoms with E-state index in [9.17, 15) is 27.2 Å². The standard InChI is InChI=1S/C19H13ClF4N4O2S/c20-10-1-4-12(5-2-10)28-15(25)8-16(29)27-18(28)31-9-17(30)26-14-6-3-11(21)7-13(14)19(22,23)24/h1-8H,9,25H2,(H,26,30). The van der Waals surface area contributed by atoms with Crippen molar-refractivity contribution in [1.82, 2.24) is 9.55 Å². The van der Waals surface area contributed by atoms with Gasteiger partial charge in [-0.3, -0.25) is 14.2 Å². The maximum atomic E-state index is 13.2. The number of anilines is 2. The molecule has 0 atom stereocenters. The molecule has 0 fully saturated rings. The Bertz CT molecular complexity index is 1180. The van der Waals surface area contributed by atoms with E-state index >= 15 is 0 Å². The van der Waals surface area contributed by atoms with E-state index in [0.717, 1.165) is 30.0 Å². The third-order valence-electron chi connectivity index (χ3n) is 3.90. The first-order chi connectivity index (χ1) is 14.5. The number of alkyl halides is 3. The molecule has 3 aromatic rings. The van der Waals surface area contributed by atoms with Gasteiger partial charge in [-0.1, -0.05) is 23.4 Å². The lowest BCUT2D eigenvalue weighted by Gasteiger charge is -2.16. The van der Waals surface area contributed by atoms with E-state index < -0.39 is 40.5 Å². The predicted octanol–water partition coefficient (Wildman–Crippen LogP) is 4.36. The Kier molecular flexibility index (Phi) is 6.56. The Labute approximate surface area is 182 Å². The van der Waals surface area contributed by atoms with Crippen molar-refractivity contribution in [3.05, 3.63) is 75.3 Å². The molecule has 0 aliphatic rings. The summed E-state index contributed by atoms with van der Waals surface area (Å²) in [4.78, 5) is 27.9. The molecule has 6 nitrogen and oxygen atoms in total. The molecule has 0 aliphatic carbocycles. The maximum Gasteiger partial charge on any atom is 0.418 e. The van der Waals surface area contributed by atoms with E-state index in [4.69, 9.17) is 17.3 Å². The SMILES string of the molecule is Nc1cc(=O)nc(SCC(=O)Nc2ccc(F)cc2C(F)(F)F)n1-c1ccc(Cl)cc1. The Morgan fingerprint density at radius 3 is 2.48 bits per heavy atom. The monoisotopic (exact) mass is 472 g/mol. The Balaban J connectivity index is 1.83. The molecule has 0 spiro atoms. The largest absolute Gasteiger partial charge is 0.418 e. The lowest BCUT2D eigenvalue weighted by atomic mass is 10.1. The van der Waals surface area contributed by atoms with Gasteiger partial charge < -0.3 is 11.1 Å². The number of nitrogen functional groups attached to an aromatic ring is 1. The molecule has 12 heteroatoms. The summed E-state index contributed by atoms with van der Waals surface area (Å²) in [6.07, 6.45) is -4.86. The summed E-state index contributed by atoms with van der Waals surface area (Å²) in [5, 5.41) is 2.62. The van der Waals surface area contributed by atoms with Crippen LogP contribution in [0.25, 0.3) is 5.69 Å². The highest BCUT2D eigenvalue weighted by Crippen LogP contribution is 2.35. The fraction of sp³-hybridized carbons (Fsp3) is 0.105. The van der Waals surface area contributed by atoms with E-state index in [0.29, 0.717) is 16.8 Å². The highest BCUT2D eigenvalue weighted by atomic mass is 35.5. The number of hydrogen-bond donors (Lipinski definition) is 2. The summed E-state index contributed by atoms with van der Waals surface area (Å²) in [6.45, 7) is 0. The van der Waals surface area contributed by atoms with Crippen LogP contribution < -0.4 is 16.6 Å². The molecule has 0 bridgehead atoms. The van der Waals surface area contributed by atoms with Crippen LogP contribution in [-0.4, -0.2) is 21.2 Å². The minimum Gasteiger partial charge on any atom is -0.385 e. The molecule has 0 radical (unpaired) electrons. The molecule has 0 aliphatic heterocycles. The van der Waals surface area contributed by atoms with Gasteiger partial charge in [0.2, 0.25) is 5.91 Å². The van der Waals surface area contributed by atoms with Gasteiger partial charge in [-0.2, -0.15) is 18.2 Å². The van der Waals surface area contributed by atoms with Crippen molar-refractivity contribution in [3.63, 3.8) is 0 Å². The molecule has 0 unspecified atom stereocenters. The number of nitrogens with zero attached hydrogens (tertiary/aromatic N) is 2. The van der Waals surface area contributed by atoms with Gasteiger partial charge in [0.05, 0.1) is 17.0 Å². The second kappa shape index (κ2) is 8.98. The first kappa shape index (κ1) is 22.6. The van der Waals surface area contributed by atoms with E-state index in [1.807, 2.05) is 0 Å². The summed E-state index contributed by atoms with van der Waals surface area (Å²) in [7, 11) is 0. The zero-order valence-electron chi connectivity index (χ0n) is 15.4. The molecule has 1 heterocycles. The zero-order valence-corrected chi connectivity index (χ0v) is 17.0. The van der Waals surface area contributed by atoms with Crippen LogP contribution in [0.5, 0.6) is 0 Å². The second-order valence-corrected chi connectivity index (χ2v) is 7.52. The lowest BCUT2D eigenvalue weighted by molar-refractivity contribution is -0.137. The molecular weight excluding hydrogens is 460 g/mol. The lowest BCUT2D eigenvalue weighted by Crippen LogP contribution is -2.20. The minimum atomic E-state index is -4.86. The van der Waals surface area contributed by atoms with Crippen molar-refractivity contribution >= 4 is 40.8 Å². The topological polar surface area (TPSA) is 90.0 Å². The van der Waals surface area contributed by atoms with E-state index in [1.54, 1.807) is 24.3 Å². The van der Waals surface area contributed by atoms with Crippen LogP contribution in [0.4, 0.5) is 29.1 Å². The van der Waals surface area contributed by atoms with Gasteiger partial charge in [0.15, 0.2) is 5.16 Å². The van der Waals surface area contributed by atoms with Crippen LogP contribution in [-0.2, 0) is 11.0 Å². The Hall–Kier alpha value is -3.05. The van der Waals surface area contributed by atoms with E-state index in [1.165, 1.54) is 4.57 Å². The van der Waals surface area contributed by atoms with Crippen LogP contribution in [0.3, 0.4) is 0 Å². The minimum absolute atomic E-state index is 0.0446. The van der Waals surface area contributed by atoms with Crippen LogP contribution in [0.2, 0.25) is 5.02 Å². The quantitative estimate of drug-likeness (QED) is 0.327. The number of benzene rings is 2. The van der Waals surface area contributed by atoms with Crippen molar-refractivity contribution in [2.75, 3.05) is 16.8 Å². The van der Waals surface area contributed by atoms with Gasteiger partial charge in [-0.25, -0.2) is 4.39 Å². The number of carbonyl (C=O) groups excluding carboxylic acids is 1. The second-order valence-electron chi connectivity index (χ2n) is 6.14. The predicted molar refractivity (Wildman–Crippen MR) is 110 cm³/mol. The fourth-order valence-corrected chi connectivity index (χ4v) is 3.55.